The Morgan fingerprint density at radius 1 is 1.08 bits per heavy atom. The summed E-state index contributed by atoms with van der Waals surface area (Å²) < 4.78 is 10.6. The minimum atomic E-state index is -0.304. The lowest BCUT2D eigenvalue weighted by Gasteiger charge is -2.19. The first kappa shape index (κ1) is 19.8. The van der Waals surface area contributed by atoms with Crippen molar-refractivity contribution in [2.75, 3.05) is 20.8 Å². The molecule has 1 amide bonds. The van der Waals surface area contributed by atoms with Gasteiger partial charge in [0.15, 0.2) is 11.5 Å². The van der Waals surface area contributed by atoms with Crippen LogP contribution in [0.5, 0.6) is 11.5 Å². The Morgan fingerprint density at radius 3 is 2.42 bits per heavy atom. The standard InChI is InChI=1S/C21H28N2O3/c1-15(20(22)17-9-5-4-6-10-17)21(24)23-13-7-8-16-11-12-18(25-2)19(14-16)26-3/h4-6,9-12,14-15,20H,7-8,13,22H2,1-3H3,(H,23,24). The molecule has 3 N–H and O–H groups in total. The van der Waals surface area contributed by atoms with E-state index in [1.807, 2.05) is 55.5 Å². The summed E-state index contributed by atoms with van der Waals surface area (Å²) in [7, 11) is 3.24. The molecule has 2 unspecified atom stereocenters. The largest absolute Gasteiger partial charge is 0.493 e. The zero-order chi connectivity index (χ0) is 18.9. The normalized spacial score (nSPS) is 12.9. The van der Waals surface area contributed by atoms with Crippen LogP contribution in [-0.4, -0.2) is 26.7 Å². The average Bonchev–Trinajstić information content (AvgIpc) is 2.70. The molecule has 5 heteroatoms. The molecule has 0 aliphatic carbocycles. The van der Waals surface area contributed by atoms with Crippen LogP contribution in [0.3, 0.4) is 0 Å². The highest BCUT2D eigenvalue weighted by Gasteiger charge is 2.21. The highest BCUT2D eigenvalue weighted by atomic mass is 16.5. The highest BCUT2D eigenvalue weighted by Crippen LogP contribution is 2.27. The van der Waals surface area contributed by atoms with Crippen molar-refractivity contribution in [3.8, 4) is 11.5 Å². The van der Waals surface area contributed by atoms with E-state index in [2.05, 4.69) is 5.32 Å². The summed E-state index contributed by atoms with van der Waals surface area (Å²) >= 11 is 0. The maximum absolute atomic E-state index is 12.3. The summed E-state index contributed by atoms with van der Waals surface area (Å²) in [4.78, 5) is 12.3. The van der Waals surface area contributed by atoms with E-state index in [0.29, 0.717) is 12.3 Å². The second-order valence-corrected chi connectivity index (χ2v) is 6.31. The smallest absolute Gasteiger partial charge is 0.224 e. The van der Waals surface area contributed by atoms with Crippen LogP contribution in [0.15, 0.2) is 48.5 Å². The van der Waals surface area contributed by atoms with E-state index in [0.717, 1.165) is 29.7 Å². The molecule has 0 aliphatic rings. The second kappa shape index (κ2) is 9.82. The van der Waals surface area contributed by atoms with Gasteiger partial charge in [-0.3, -0.25) is 4.79 Å². The molecule has 0 aromatic heterocycles. The van der Waals surface area contributed by atoms with Crippen molar-refractivity contribution in [2.24, 2.45) is 11.7 Å². The van der Waals surface area contributed by atoms with Gasteiger partial charge in [-0.2, -0.15) is 0 Å². The number of carbonyl (C=O) groups is 1. The topological polar surface area (TPSA) is 73.6 Å². The number of nitrogens with one attached hydrogen (secondary N) is 1. The number of hydrogen-bond acceptors (Lipinski definition) is 4. The molecular formula is C21H28N2O3. The lowest BCUT2D eigenvalue weighted by Crippen LogP contribution is -2.36. The van der Waals surface area contributed by atoms with Crippen LogP contribution in [0.25, 0.3) is 0 Å². The van der Waals surface area contributed by atoms with E-state index < -0.39 is 0 Å². The molecule has 0 spiro atoms. The Bertz CT molecular complexity index is 704. The zero-order valence-corrected chi connectivity index (χ0v) is 15.7. The van der Waals surface area contributed by atoms with Crippen molar-refractivity contribution in [1.82, 2.24) is 5.32 Å². The quantitative estimate of drug-likeness (QED) is 0.677. The molecule has 0 saturated carbocycles. The SMILES string of the molecule is COc1ccc(CCCNC(=O)C(C)C(N)c2ccccc2)cc1OC. The summed E-state index contributed by atoms with van der Waals surface area (Å²) in [5.74, 6) is 1.14. The third-order valence-corrected chi connectivity index (χ3v) is 4.53. The van der Waals surface area contributed by atoms with Crippen molar-refractivity contribution < 1.29 is 14.3 Å². The first-order chi connectivity index (χ1) is 12.6. The molecule has 0 radical (unpaired) electrons. The van der Waals surface area contributed by atoms with Gasteiger partial charge in [0, 0.05) is 12.6 Å². The van der Waals surface area contributed by atoms with Crippen LogP contribution >= 0.6 is 0 Å². The fourth-order valence-electron chi connectivity index (χ4n) is 2.83. The molecule has 140 valence electrons. The maximum Gasteiger partial charge on any atom is 0.224 e. The van der Waals surface area contributed by atoms with Gasteiger partial charge < -0.3 is 20.5 Å². The minimum absolute atomic E-state index is 0.0198. The molecule has 26 heavy (non-hydrogen) atoms. The zero-order valence-electron chi connectivity index (χ0n) is 15.7. The summed E-state index contributed by atoms with van der Waals surface area (Å²) in [5.41, 5.74) is 8.32. The molecule has 2 aromatic rings. The minimum Gasteiger partial charge on any atom is -0.493 e. The maximum atomic E-state index is 12.3. The highest BCUT2D eigenvalue weighted by molar-refractivity contribution is 5.79. The van der Waals surface area contributed by atoms with Gasteiger partial charge in [-0.1, -0.05) is 43.3 Å². The Balaban J connectivity index is 1.79. The Labute approximate surface area is 155 Å². The monoisotopic (exact) mass is 356 g/mol. The molecular weight excluding hydrogens is 328 g/mol. The van der Waals surface area contributed by atoms with Gasteiger partial charge in [0.05, 0.1) is 20.1 Å². The Hall–Kier alpha value is -2.53. The summed E-state index contributed by atoms with van der Waals surface area (Å²) in [6, 6.07) is 15.3. The van der Waals surface area contributed by atoms with Crippen LogP contribution in [0.4, 0.5) is 0 Å². The fourth-order valence-corrected chi connectivity index (χ4v) is 2.83. The molecule has 0 saturated heterocycles. The van der Waals surface area contributed by atoms with Crippen molar-refractivity contribution >= 4 is 5.91 Å². The number of benzene rings is 2. The third kappa shape index (κ3) is 5.23. The molecule has 0 aliphatic heterocycles. The molecule has 2 aromatic carbocycles. The lowest BCUT2D eigenvalue weighted by molar-refractivity contribution is -0.125. The van der Waals surface area contributed by atoms with Gasteiger partial charge in [-0.25, -0.2) is 0 Å². The number of methoxy groups -OCH3 is 2. The van der Waals surface area contributed by atoms with Crippen LogP contribution in [0, 0.1) is 5.92 Å². The molecule has 2 atom stereocenters. The summed E-state index contributed by atoms with van der Waals surface area (Å²) in [5, 5.41) is 2.98. The number of aryl methyl sites for hydroxylation is 1. The van der Waals surface area contributed by atoms with Crippen LogP contribution in [-0.2, 0) is 11.2 Å². The summed E-state index contributed by atoms with van der Waals surface area (Å²) in [6.07, 6.45) is 1.69. The van der Waals surface area contributed by atoms with E-state index in [4.69, 9.17) is 15.2 Å². The van der Waals surface area contributed by atoms with Crippen LogP contribution < -0.4 is 20.5 Å². The van der Waals surface area contributed by atoms with Crippen molar-refractivity contribution in [1.29, 1.82) is 0 Å². The van der Waals surface area contributed by atoms with Crippen molar-refractivity contribution in [2.45, 2.75) is 25.8 Å². The molecule has 5 nitrogen and oxygen atoms in total. The molecule has 0 heterocycles. The second-order valence-electron chi connectivity index (χ2n) is 6.31. The summed E-state index contributed by atoms with van der Waals surface area (Å²) in [6.45, 7) is 2.47. The van der Waals surface area contributed by atoms with E-state index in [9.17, 15) is 4.79 Å². The van der Waals surface area contributed by atoms with Gasteiger partial charge in [0.1, 0.15) is 0 Å². The Morgan fingerprint density at radius 2 is 1.77 bits per heavy atom. The van der Waals surface area contributed by atoms with Crippen molar-refractivity contribution in [3.63, 3.8) is 0 Å². The number of amides is 1. The van der Waals surface area contributed by atoms with E-state index >= 15 is 0 Å². The number of carbonyl (C=O) groups excluding carboxylic acids is 1. The van der Waals surface area contributed by atoms with Gasteiger partial charge >= 0.3 is 0 Å². The van der Waals surface area contributed by atoms with Gasteiger partial charge in [-0.05, 0) is 36.1 Å². The van der Waals surface area contributed by atoms with Crippen LogP contribution in [0.2, 0.25) is 0 Å². The van der Waals surface area contributed by atoms with Gasteiger partial charge in [0.2, 0.25) is 5.91 Å². The number of ether oxygens (including phenoxy) is 2. The predicted molar refractivity (Wildman–Crippen MR) is 103 cm³/mol. The van der Waals surface area contributed by atoms with Gasteiger partial charge in [0.25, 0.3) is 0 Å². The molecule has 0 bridgehead atoms. The third-order valence-electron chi connectivity index (χ3n) is 4.53. The lowest BCUT2D eigenvalue weighted by atomic mass is 9.94. The number of rotatable bonds is 9. The van der Waals surface area contributed by atoms with Crippen LogP contribution in [0.1, 0.15) is 30.5 Å². The predicted octanol–water partition coefficient (Wildman–Crippen LogP) is 3.09. The average molecular weight is 356 g/mol. The first-order valence-electron chi connectivity index (χ1n) is 8.86. The fraction of sp³-hybridized carbons (Fsp3) is 0.381. The molecule has 2 rings (SSSR count). The van der Waals surface area contributed by atoms with E-state index in [1.54, 1.807) is 14.2 Å². The number of hydrogen-bond donors (Lipinski definition) is 2. The molecule has 0 fully saturated rings. The Kier molecular flexibility index (Phi) is 7.48. The van der Waals surface area contributed by atoms with Gasteiger partial charge in [-0.15, -0.1) is 0 Å². The number of nitrogens with two attached hydrogens (primary N) is 1. The van der Waals surface area contributed by atoms with E-state index in [-0.39, 0.29) is 17.9 Å². The first-order valence-corrected chi connectivity index (χ1v) is 8.86. The van der Waals surface area contributed by atoms with E-state index in [1.165, 1.54) is 0 Å². The van der Waals surface area contributed by atoms with Crippen molar-refractivity contribution in [3.05, 3.63) is 59.7 Å².